The summed E-state index contributed by atoms with van der Waals surface area (Å²) in [4.78, 5) is 24.0. The second-order valence-corrected chi connectivity index (χ2v) is 11.2. The van der Waals surface area contributed by atoms with Crippen LogP contribution in [0.5, 0.6) is 5.75 Å². The normalized spacial score (nSPS) is 22.3. The maximum atomic E-state index is 12.6. The van der Waals surface area contributed by atoms with Crippen molar-refractivity contribution in [2.45, 2.75) is 51.1 Å². The van der Waals surface area contributed by atoms with E-state index in [0.717, 1.165) is 58.9 Å². The van der Waals surface area contributed by atoms with E-state index in [0.29, 0.717) is 13.2 Å². The monoisotopic (exact) mass is 466 g/mol. The van der Waals surface area contributed by atoms with Crippen molar-refractivity contribution in [3.63, 3.8) is 0 Å². The molecule has 3 aromatic rings. The molecule has 0 spiro atoms. The molecule has 7 nitrogen and oxygen atoms in total. The minimum Gasteiger partial charge on any atom is -0.493 e. The van der Waals surface area contributed by atoms with Gasteiger partial charge >= 0.3 is 0 Å². The van der Waals surface area contributed by atoms with Gasteiger partial charge in [-0.15, -0.1) is 0 Å². The molecular weight excluding hydrogens is 436 g/mol. The van der Waals surface area contributed by atoms with Gasteiger partial charge in [-0.25, -0.2) is 4.98 Å². The van der Waals surface area contributed by atoms with Gasteiger partial charge in [0.15, 0.2) is 5.13 Å². The van der Waals surface area contributed by atoms with E-state index >= 15 is 0 Å². The van der Waals surface area contributed by atoms with Gasteiger partial charge in [0.1, 0.15) is 10.6 Å². The number of hydrogen-bond acceptors (Lipinski definition) is 6. The molecule has 2 fully saturated rings. The van der Waals surface area contributed by atoms with Crippen LogP contribution >= 0.6 is 11.3 Å². The minimum absolute atomic E-state index is 0.00911. The van der Waals surface area contributed by atoms with E-state index in [9.17, 15) is 4.79 Å². The van der Waals surface area contributed by atoms with Crippen molar-refractivity contribution >= 4 is 33.3 Å². The van der Waals surface area contributed by atoms with Gasteiger partial charge in [0.2, 0.25) is 0 Å². The highest BCUT2D eigenvalue weighted by Gasteiger charge is 2.35. The molecule has 8 heteroatoms. The van der Waals surface area contributed by atoms with Crippen LogP contribution in [-0.2, 0) is 17.6 Å². The topological polar surface area (TPSA) is 79.5 Å². The number of benzene rings is 1. The maximum absolute atomic E-state index is 12.6. The lowest BCUT2D eigenvalue weighted by Crippen LogP contribution is -2.48. The van der Waals surface area contributed by atoms with Crippen LogP contribution in [0.25, 0.3) is 10.9 Å². The molecule has 2 N–H and O–H groups in total. The first-order valence-electron chi connectivity index (χ1n) is 11.8. The van der Waals surface area contributed by atoms with Crippen molar-refractivity contribution in [1.29, 1.82) is 0 Å². The van der Waals surface area contributed by atoms with E-state index in [1.165, 1.54) is 35.1 Å². The number of H-pyrrole nitrogens is 1. The smallest absolute Gasteiger partial charge is 0.263 e. The van der Waals surface area contributed by atoms with E-state index in [1.54, 1.807) is 0 Å². The number of aromatic nitrogens is 2. The zero-order valence-electron chi connectivity index (χ0n) is 19.1. The largest absolute Gasteiger partial charge is 0.493 e. The molecule has 3 aliphatic rings. The lowest BCUT2D eigenvalue weighted by atomic mass is 9.94. The van der Waals surface area contributed by atoms with Gasteiger partial charge in [-0.3, -0.25) is 4.79 Å². The lowest BCUT2D eigenvalue weighted by Gasteiger charge is -2.35. The number of thiazole rings is 1. The van der Waals surface area contributed by atoms with Crippen molar-refractivity contribution in [1.82, 2.24) is 15.3 Å². The van der Waals surface area contributed by atoms with Crippen LogP contribution < -0.4 is 15.0 Å². The Morgan fingerprint density at radius 2 is 2.21 bits per heavy atom. The number of carbonyl (C=O) groups excluding carboxylic acids is 1. The van der Waals surface area contributed by atoms with Crippen molar-refractivity contribution in [2.24, 2.45) is 5.92 Å². The summed E-state index contributed by atoms with van der Waals surface area (Å²) in [6.07, 6.45) is 6.27. The number of ether oxygens (including phenoxy) is 2. The molecule has 1 aliphatic carbocycles. The molecule has 0 bridgehead atoms. The van der Waals surface area contributed by atoms with E-state index < -0.39 is 0 Å². The highest BCUT2D eigenvalue weighted by molar-refractivity contribution is 7.17. The highest BCUT2D eigenvalue weighted by atomic mass is 32.1. The number of aromatic amines is 1. The average Bonchev–Trinajstić information content (AvgIpc) is 3.40. The second kappa shape index (κ2) is 8.02. The first-order valence-corrected chi connectivity index (χ1v) is 12.7. The van der Waals surface area contributed by atoms with Gasteiger partial charge in [0.25, 0.3) is 5.91 Å². The van der Waals surface area contributed by atoms with E-state index in [4.69, 9.17) is 14.5 Å². The molecule has 1 atom stereocenters. The summed E-state index contributed by atoms with van der Waals surface area (Å²) >= 11 is 1.51. The Balaban J connectivity index is 1.25. The maximum Gasteiger partial charge on any atom is 0.263 e. The Morgan fingerprint density at radius 1 is 1.33 bits per heavy atom. The zero-order valence-corrected chi connectivity index (χ0v) is 20.0. The van der Waals surface area contributed by atoms with Crippen molar-refractivity contribution in [3.05, 3.63) is 40.5 Å². The third kappa shape index (κ3) is 4.22. The molecule has 0 radical (unpaired) electrons. The molecule has 2 aliphatic heterocycles. The molecule has 1 saturated carbocycles. The number of anilines is 1. The third-order valence-corrected chi connectivity index (χ3v) is 7.94. The number of hydrogen-bond donors (Lipinski definition) is 2. The van der Waals surface area contributed by atoms with Crippen molar-refractivity contribution < 1.29 is 14.3 Å². The second-order valence-electron chi connectivity index (χ2n) is 10.2. The fraction of sp³-hybridized carbons (Fsp3) is 0.520. The van der Waals surface area contributed by atoms with Gasteiger partial charge in [-0.1, -0.05) is 11.3 Å². The summed E-state index contributed by atoms with van der Waals surface area (Å²) in [5.41, 5.74) is 3.03. The Hall–Kier alpha value is -2.58. The minimum atomic E-state index is -0.261. The molecular formula is C25H30N4O3S. The first kappa shape index (κ1) is 21.0. The third-order valence-electron chi connectivity index (χ3n) is 6.80. The molecule has 0 unspecified atom stereocenters. The quantitative estimate of drug-likeness (QED) is 0.576. The van der Waals surface area contributed by atoms with Crippen LogP contribution in [0.2, 0.25) is 0 Å². The average molecular weight is 467 g/mol. The first-order chi connectivity index (χ1) is 15.9. The fourth-order valence-corrected chi connectivity index (χ4v) is 5.91. The molecule has 1 saturated heterocycles. The van der Waals surface area contributed by atoms with Crippen LogP contribution in [0.15, 0.2) is 24.4 Å². The van der Waals surface area contributed by atoms with Gasteiger partial charge in [-0.05, 0) is 62.8 Å². The van der Waals surface area contributed by atoms with Crippen LogP contribution in [0.4, 0.5) is 5.13 Å². The Morgan fingerprint density at radius 3 is 3.06 bits per heavy atom. The van der Waals surface area contributed by atoms with Gasteiger partial charge in [0, 0.05) is 35.6 Å². The van der Waals surface area contributed by atoms with E-state index in [-0.39, 0.29) is 17.5 Å². The summed E-state index contributed by atoms with van der Waals surface area (Å²) < 4.78 is 11.9. The summed E-state index contributed by atoms with van der Waals surface area (Å²) in [7, 11) is 0. The number of carbonyl (C=O) groups is 1. The Bertz CT molecular complexity index is 1200. The molecule has 2 aromatic heterocycles. The summed E-state index contributed by atoms with van der Waals surface area (Å²) in [5, 5.41) is 5.22. The van der Waals surface area contributed by atoms with Crippen molar-refractivity contribution in [2.75, 3.05) is 31.3 Å². The number of morpholine rings is 1. The van der Waals surface area contributed by atoms with Gasteiger partial charge in [-0.2, -0.15) is 0 Å². The molecule has 33 heavy (non-hydrogen) atoms. The Labute approximate surface area is 197 Å². The van der Waals surface area contributed by atoms with Crippen LogP contribution in [0.1, 0.15) is 47.6 Å². The predicted octanol–water partition coefficient (Wildman–Crippen LogP) is 3.93. The molecule has 4 heterocycles. The SMILES string of the molecule is CC1(C)Cc2nc(N3CCOC[C@@H]3Cc3c[nH]c4ccc(OCC5CC5)cc34)sc2C(=O)N1. The molecule has 1 amide bonds. The van der Waals surface area contributed by atoms with Crippen LogP contribution in [0, 0.1) is 5.92 Å². The number of nitrogens with zero attached hydrogens (tertiary/aromatic N) is 2. The summed E-state index contributed by atoms with van der Waals surface area (Å²) in [6.45, 7) is 7.00. The number of nitrogens with one attached hydrogen (secondary N) is 2. The Kier molecular flexibility index (Phi) is 5.10. The van der Waals surface area contributed by atoms with Crippen LogP contribution in [0.3, 0.4) is 0 Å². The number of fused-ring (bicyclic) bond motifs is 2. The number of rotatable bonds is 6. The molecule has 6 rings (SSSR count). The van der Waals surface area contributed by atoms with E-state index in [2.05, 4.69) is 33.5 Å². The van der Waals surface area contributed by atoms with Crippen LogP contribution in [-0.4, -0.2) is 53.8 Å². The predicted molar refractivity (Wildman–Crippen MR) is 130 cm³/mol. The van der Waals surface area contributed by atoms with Gasteiger partial charge < -0.3 is 24.7 Å². The molecule has 1 aromatic carbocycles. The van der Waals surface area contributed by atoms with Crippen molar-refractivity contribution in [3.8, 4) is 5.75 Å². The standard InChI is InChI=1S/C25H30N4O3S/c1-25(2)11-21-22(23(30)28-25)33-24(27-21)29-7-8-31-14-17(29)9-16-12-26-20-6-5-18(10-19(16)20)32-13-15-3-4-15/h5-6,10,12,15,17,26H,3-4,7-9,11,13-14H2,1-2H3,(H,28,30)/t17-/m0/s1. The van der Waals surface area contributed by atoms with E-state index in [1.807, 2.05) is 19.9 Å². The number of amides is 1. The lowest BCUT2D eigenvalue weighted by molar-refractivity contribution is 0.0900. The highest BCUT2D eigenvalue weighted by Crippen LogP contribution is 2.35. The zero-order chi connectivity index (χ0) is 22.6. The summed E-state index contributed by atoms with van der Waals surface area (Å²) in [5.74, 6) is 1.66. The summed E-state index contributed by atoms with van der Waals surface area (Å²) in [6, 6.07) is 6.48. The van der Waals surface area contributed by atoms with Gasteiger partial charge in [0.05, 0.1) is 31.6 Å². The fourth-order valence-electron chi connectivity index (χ4n) is 4.83. The molecule has 174 valence electrons.